The minimum absolute atomic E-state index is 0.114. The van der Waals surface area contributed by atoms with Gasteiger partial charge in [-0.15, -0.1) is 11.3 Å². The Morgan fingerprint density at radius 3 is 2.83 bits per heavy atom. The number of aryl methyl sites for hydroxylation is 1. The maximum absolute atomic E-state index is 11.8. The van der Waals surface area contributed by atoms with Crippen LogP contribution in [0.5, 0.6) is 0 Å². The molecule has 1 amide bonds. The van der Waals surface area contributed by atoms with Crippen LogP contribution in [-0.4, -0.2) is 27.0 Å². The maximum Gasteiger partial charge on any atom is 0.355 e. The Morgan fingerprint density at radius 1 is 1.44 bits per heavy atom. The predicted octanol–water partition coefficient (Wildman–Crippen LogP) is 1.80. The Bertz CT molecular complexity index is 609. The van der Waals surface area contributed by atoms with Crippen molar-refractivity contribution >= 4 is 28.9 Å². The fourth-order valence-electron chi connectivity index (χ4n) is 1.27. The molecule has 2 aromatic rings. The lowest BCUT2D eigenvalue weighted by Crippen LogP contribution is -2.13. The second-order valence-electron chi connectivity index (χ2n) is 3.49. The van der Waals surface area contributed by atoms with E-state index in [1.807, 2.05) is 6.92 Å². The highest BCUT2D eigenvalue weighted by Crippen LogP contribution is 2.15. The number of carbonyl (C=O) groups is 2. The molecule has 18 heavy (non-hydrogen) atoms. The summed E-state index contributed by atoms with van der Waals surface area (Å²) in [6, 6.07) is 1.67. The van der Waals surface area contributed by atoms with Crippen LogP contribution in [0.1, 0.15) is 25.9 Å². The van der Waals surface area contributed by atoms with Crippen molar-refractivity contribution in [2.24, 2.45) is 0 Å². The van der Waals surface area contributed by atoms with E-state index in [-0.39, 0.29) is 10.7 Å². The summed E-state index contributed by atoms with van der Waals surface area (Å²) < 4.78 is 0. The second kappa shape index (κ2) is 4.92. The summed E-state index contributed by atoms with van der Waals surface area (Å²) in [4.78, 5) is 30.1. The SMILES string of the molecule is Cc1cnccc1NC(=O)c1nc(C(=O)O)cs1. The topological polar surface area (TPSA) is 92.2 Å². The van der Waals surface area contributed by atoms with Crippen LogP contribution in [0.4, 0.5) is 5.69 Å². The molecule has 0 fully saturated rings. The van der Waals surface area contributed by atoms with E-state index in [1.54, 1.807) is 18.5 Å². The average molecular weight is 263 g/mol. The predicted molar refractivity (Wildman–Crippen MR) is 66.0 cm³/mol. The summed E-state index contributed by atoms with van der Waals surface area (Å²) in [6.07, 6.45) is 3.19. The van der Waals surface area contributed by atoms with Crippen molar-refractivity contribution in [3.63, 3.8) is 0 Å². The molecule has 0 unspecified atom stereocenters. The van der Waals surface area contributed by atoms with Crippen molar-refractivity contribution in [3.8, 4) is 0 Å². The molecule has 0 aliphatic carbocycles. The van der Waals surface area contributed by atoms with E-state index in [0.717, 1.165) is 16.9 Å². The van der Waals surface area contributed by atoms with Crippen LogP contribution in [0, 0.1) is 6.92 Å². The molecule has 2 rings (SSSR count). The van der Waals surface area contributed by atoms with E-state index in [1.165, 1.54) is 5.38 Å². The number of pyridine rings is 1. The molecular formula is C11H9N3O3S. The Morgan fingerprint density at radius 2 is 2.22 bits per heavy atom. The van der Waals surface area contributed by atoms with Crippen molar-refractivity contribution < 1.29 is 14.7 Å². The first kappa shape index (κ1) is 12.2. The van der Waals surface area contributed by atoms with Crippen LogP contribution in [-0.2, 0) is 0 Å². The molecule has 0 aliphatic heterocycles. The maximum atomic E-state index is 11.8. The number of anilines is 1. The number of hydrogen-bond acceptors (Lipinski definition) is 5. The van der Waals surface area contributed by atoms with E-state index in [0.29, 0.717) is 5.69 Å². The van der Waals surface area contributed by atoms with Crippen molar-refractivity contribution in [3.05, 3.63) is 40.1 Å². The average Bonchev–Trinajstić information content (AvgIpc) is 2.81. The van der Waals surface area contributed by atoms with Gasteiger partial charge in [-0.3, -0.25) is 9.78 Å². The van der Waals surface area contributed by atoms with Gasteiger partial charge in [-0.25, -0.2) is 9.78 Å². The van der Waals surface area contributed by atoms with Gasteiger partial charge in [0, 0.05) is 23.5 Å². The van der Waals surface area contributed by atoms with E-state index in [2.05, 4.69) is 15.3 Å². The van der Waals surface area contributed by atoms with Crippen LogP contribution in [0.3, 0.4) is 0 Å². The molecule has 0 atom stereocenters. The Kier molecular flexibility index (Phi) is 3.33. The van der Waals surface area contributed by atoms with Gasteiger partial charge in [-0.2, -0.15) is 0 Å². The van der Waals surface area contributed by atoms with Gasteiger partial charge in [-0.1, -0.05) is 0 Å². The number of amides is 1. The molecule has 0 saturated heterocycles. The molecule has 0 spiro atoms. The Labute approximate surface area is 106 Å². The van der Waals surface area contributed by atoms with E-state index >= 15 is 0 Å². The fraction of sp³-hybridized carbons (Fsp3) is 0.0909. The van der Waals surface area contributed by atoms with E-state index in [9.17, 15) is 9.59 Å². The lowest BCUT2D eigenvalue weighted by molar-refractivity contribution is 0.0691. The van der Waals surface area contributed by atoms with E-state index in [4.69, 9.17) is 5.11 Å². The summed E-state index contributed by atoms with van der Waals surface area (Å²) >= 11 is 0.991. The molecule has 7 heteroatoms. The smallest absolute Gasteiger partial charge is 0.355 e. The number of thiazole rings is 1. The molecule has 0 bridgehead atoms. The molecule has 6 nitrogen and oxygen atoms in total. The number of carbonyl (C=O) groups excluding carboxylic acids is 1. The van der Waals surface area contributed by atoms with Crippen molar-refractivity contribution in [1.29, 1.82) is 0 Å². The molecule has 92 valence electrons. The number of nitrogens with zero attached hydrogens (tertiary/aromatic N) is 2. The van der Waals surface area contributed by atoms with Gasteiger partial charge in [0.25, 0.3) is 5.91 Å². The number of carboxylic acids is 1. The first-order valence-electron chi connectivity index (χ1n) is 4.98. The molecular weight excluding hydrogens is 254 g/mol. The number of hydrogen-bond donors (Lipinski definition) is 2. The number of nitrogens with one attached hydrogen (secondary N) is 1. The summed E-state index contributed by atoms with van der Waals surface area (Å²) in [5.74, 6) is -1.58. The summed E-state index contributed by atoms with van der Waals surface area (Å²) in [5.41, 5.74) is 1.32. The third-order valence-corrected chi connectivity index (χ3v) is 3.03. The highest BCUT2D eigenvalue weighted by atomic mass is 32.1. The van der Waals surface area contributed by atoms with Crippen LogP contribution in [0.15, 0.2) is 23.8 Å². The molecule has 0 aliphatic rings. The summed E-state index contributed by atoms with van der Waals surface area (Å²) in [7, 11) is 0. The number of aromatic nitrogens is 2. The van der Waals surface area contributed by atoms with Gasteiger partial charge in [0.15, 0.2) is 10.7 Å². The van der Waals surface area contributed by atoms with Gasteiger partial charge >= 0.3 is 5.97 Å². The zero-order valence-electron chi connectivity index (χ0n) is 9.38. The molecule has 2 aromatic heterocycles. The van der Waals surface area contributed by atoms with Crippen molar-refractivity contribution in [2.75, 3.05) is 5.32 Å². The van der Waals surface area contributed by atoms with Gasteiger partial charge in [-0.05, 0) is 18.6 Å². The van der Waals surface area contributed by atoms with Gasteiger partial charge in [0.05, 0.1) is 0 Å². The lowest BCUT2D eigenvalue weighted by Gasteiger charge is -2.05. The lowest BCUT2D eigenvalue weighted by atomic mass is 10.2. The second-order valence-corrected chi connectivity index (χ2v) is 4.35. The number of rotatable bonds is 3. The quantitative estimate of drug-likeness (QED) is 0.880. The van der Waals surface area contributed by atoms with Gasteiger partial charge < -0.3 is 10.4 Å². The Balaban J connectivity index is 2.17. The zero-order valence-corrected chi connectivity index (χ0v) is 10.2. The molecule has 0 saturated carbocycles. The molecule has 2 heterocycles. The largest absolute Gasteiger partial charge is 0.476 e. The van der Waals surface area contributed by atoms with Gasteiger partial charge in [0.2, 0.25) is 0 Å². The van der Waals surface area contributed by atoms with E-state index < -0.39 is 11.9 Å². The van der Waals surface area contributed by atoms with Gasteiger partial charge in [0.1, 0.15) is 0 Å². The standard InChI is InChI=1S/C11H9N3O3S/c1-6-4-12-3-2-7(6)13-9(15)10-14-8(5-18-10)11(16)17/h2-5H,1H3,(H,16,17)(H,12,13,15). The molecule has 2 N–H and O–H groups in total. The normalized spacial score (nSPS) is 10.1. The first-order valence-corrected chi connectivity index (χ1v) is 5.86. The van der Waals surface area contributed by atoms with Crippen LogP contribution < -0.4 is 5.32 Å². The highest BCUT2D eigenvalue weighted by Gasteiger charge is 2.15. The number of carboxylic acid groups (broad SMARTS) is 1. The molecule has 0 radical (unpaired) electrons. The minimum atomic E-state index is -1.15. The first-order chi connectivity index (χ1) is 8.58. The highest BCUT2D eigenvalue weighted by molar-refractivity contribution is 7.12. The Hall–Kier alpha value is -2.28. The fourth-order valence-corrected chi connectivity index (χ4v) is 1.95. The monoisotopic (exact) mass is 263 g/mol. The van der Waals surface area contributed by atoms with Crippen LogP contribution >= 0.6 is 11.3 Å². The van der Waals surface area contributed by atoms with Crippen LogP contribution in [0.25, 0.3) is 0 Å². The third-order valence-electron chi connectivity index (χ3n) is 2.19. The van der Waals surface area contributed by atoms with Crippen molar-refractivity contribution in [1.82, 2.24) is 9.97 Å². The summed E-state index contributed by atoms with van der Waals surface area (Å²) in [5, 5.41) is 12.8. The minimum Gasteiger partial charge on any atom is -0.476 e. The zero-order chi connectivity index (χ0) is 13.1. The van der Waals surface area contributed by atoms with Crippen LogP contribution in [0.2, 0.25) is 0 Å². The van der Waals surface area contributed by atoms with Crippen molar-refractivity contribution in [2.45, 2.75) is 6.92 Å². The molecule has 0 aromatic carbocycles. The third kappa shape index (κ3) is 2.51. The number of aromatic carboxylic acids is 1. The summed E-state index contributed by atoms with van der Waals surface area (Å²) in [6.45, 7) is 1.81.